The number of aliphatic hydroxyl groups excluding tert-OH is 1. The summed E-state index contributed by atoms with van der Waals surface area (Å²) in [7, 11) is 0. The van der Waals surface area contributed by atoms with Gasteiger partial charge in [-0.2, -0.15) is 5.10 Å². The van der Waals surface area contributed by atoms with Crippen molar-refractivity contribution in [1.82, 2.24) is 10.2 Å². The lowest BCUT2D eigenvalue weighted by molar-refractivity contribution is 0.179. The van der Waals surface area contributed by atoms with Gasteiger partial charge in [0.15, 0.2) is 0 Å². The maximum absolute atomic E-state index is 9.80. The normalized spacial score (nSPS) is 13.0. The van der Waals surface area contributed by atoms with E-state index in [-0.39, 0.29) is 0 Å². The van der Waals surface area contributed by atoms with Crippen LogP contribution in [0.3, 0.4) is 0 Å². The SMILES string of the molecule is OC(Cc1cc(Br)cs1)c1cn[nH]c1. The van der Waals surface area contributed by atoms with Crippen molar-refractivity contribution in [2.75, 3.05) is 0 Å². The number of hydrogen-bond donors (Lipinski definition) is 2. The van der Waals surface area contributed by atoms with Crippen LogP contribution in [0.2, 0.25) is 0 Å². The fourth-order valence-electron chi connectivity index (χ4n) is 1.21. The van der Waals surface area contributed by atoms with Crippen molar-refractivity contribution in [1.29, 1.82) is 0 Å². The van der Waals surface area contributed by atoms with Gasteiger partial charge in [0.05, 0.1) is 12.3 Å². The van der Waals surface area contributed by atoms with E-state index in [0.29, 0.717) is 6.42 Å². The van der Waals surface area contributed by atoms with E-state index in [4.69, 9.17) is 0 Å². The average Bonchev–Trinajstić information content (AvgIpc) is 2.75. The molecule has 1 unspecified atom stereocenters. The molecule has 1 atom stereocenters. The highest BCUT2D eigenvalue weighted by atomic mass is 79.9. The van der Waals surface area contributed by atoms with Gasteiger partial charge in [0.25, 0.3) is 0 Å². The Labute approximate surface area is 93.9 Å². The van der Waals surface area contributed by atoms with Gasteiger partial charge in [-0.15, -0.1) is 11.3 Å². The molecule has 3 nitrogen and oxygen atoms in total. The zero-order valence-electron chi connectivity index (χ0n) is 7.27. The van der Waals surface area contributed by atoms with Gasteiger partial charge >= 0.3 is 0 Å². The minimum absolute atomic E-state index is 0.473. The lowest BCUT2D eigenvalue weighted by Crippen LogP contribution is -1.98. The number of hydrogen-bond acceptors (Lipinski definition) is 3. The minimum atomic E-state index is -0.473. The Hall–Kier alpha value is -0.650. The summed E-state index contributed by atoms with van der Waals surface area (Å²) in [5.74, 6) is 0. The Kier molecular flexibility index (Phi) is 3.00. The second kappa shape index (κ2) is 4.25. The Morgan fingerprint density at radius 2 is 2.50 bits per heavy atom. The molecule has 2 aromatic heterocycles. The number of halogens is 1. The molecule has 14 heavy (non-hydrogen) atoms. The molecule has 0 aliphatic heterocycles. The first-order valence-corrected chi connectivity index (χ1v) is 5.82. The molecule has 74 valence electrons. The van der Waals surface area contributed by atoms with E-state index in [2.05, 4.69) is 26.1 Å². The highest BCUT2D eigenvalue weighted by molar-refractivity contribution is 9.10. The van der Waals surface area contributed by atoms with Gasteiger partial charge in [0.2, 0.25) is 0 Å². The average molecular weight is 273 g/mol. The zero-order valence-corrected chi connectivity index (χ0v) is 9.68. The van der Waals surface area contributed by atoms with Gasteiger partial charge in [-0.05, 0) is 22.0 Å². The standard InChI is InChI=1S/C9H9BrN2OS/c10-7-1-8(14-5-7)2-9(13)6-3-11-12-4-6/h1,3-5,9,13H,2H2,(H,11,12). The topological polar surface area (TPSA) is 48.9 Å². The summed E-state index contributed by atoms with van der Waals surface area (Å²) >= 11 is 5.02. The number of nitrogens with one attached hydrogen (secondary N) is 1. The van der Waals surface area contributed by atoms with E-state index in [1.807, 2.05) is 11.4 Å². The molecule has 5 heteroatoms. The molecule has 0 spiro atoms. The van der Waals surface area contributed by atoms with Crippen LogP contribution in [-0.4, -0.2) is 15.3 Å². The van der Waals surface area contributed by atoms with Crippen LogP contribution in [0, 0.1) is 0 Å². The van der Waals surface area contributed by atoms with Crippen molar-refractivity contribution < 1.29 is 5.11 Å². The smallest absolute Gasteiger partial charge is 0.0868 e. The lowest BCUT2D eigenvalue weighted by Gasteiger charge is -2.05. The first-order chi connectivity index (χ1) is 6.75. The number of H-pyrrole nitrogens is 1. The summed E-state index contributed by atoms with van der Waals surface area (Å²) in [6, 6.07) is 2.02. The van der Waals surface area contributed by atoms with Gasteiger partial charge in [0, 0.05) is 32.9 Å². The van der Waals surface area contributed by atoms with Gasteiger partial charge < -0.3 is 5.11 Å². The summed E-state index contributed by atoms with van der Waals surface area (Å²) in [6.07, 6.45) is 3.52. The molecule has 0 bridgehead atoms. The van der Waals surface area contributed by atoms with Crippen LogP contribution >= 0.6 is 27.3 Å². The molecule has 0 amide bonds. The third kappa shape index (κ3) is 2.23. The number of aromatic nitrogens is 2. The monoisotopic (exact) mass is 272 g/mol. The van der Waals surface area contributed by atoms with Gasteiger partial charge in [-0.25, -0.2) is 0 Å². The molecule has 0 saturated carbocycles. The van der Waals surface area contributed by atoms with Crippen molar-refractivity contribution in [3.8, 4) is 0 Å². The largest absolute Gasteiger partial charge is 0.388 e. The van der Waals surface area contributed by atoms with Crippen LogP contribution in [-0.2, 0) is 6.42 Å². The summed E-state index contributed by atoms with van der Waals surface area (Å²) in [5.41, 5.74) is 0.828. The van der Waals surface area contributed by atoms with E-state index in [1.54, 1.807) is 23.7 Å². The van der Waals surface area contributed by atoms with Crippen molar-refractivity contribution in [2.45, 2.75) is 12.5 Å². The van der Waals surface area contributed by atoms with Crippen LogP contribution in [0.1, 0.15) is 16.5 Å². The number of nitrogens with zero attached hydrogens (tertiary/aromatic N) is 1. The first kappa shape index (κ1) is 9.89. The number of rotatable bonds is 3. The molecule has 0 aliphatic rings. The summed E-state index contributed by atoms with van der Waals surface area (Å²) in [4.78, 5) is 1.16. The van der Waals surface area contributed by atoms with Crippen molar-refractivity contribution in [2.24, 2.45) is 0 Å². The summed E-state index contributed by atoms with van der Waals surface area (Å²) in [5, 5.41) is 18.3. The molecular weight excluding hydrogens is 264 g/mol. The summed E-state index contributed by atoms with van der Waals surface area (Å²) < 4.78 is 1.07. The van der Waals surface area contributed by atoms with Crippen LogP contribution < -0.4 is 0 Å². The molecule has 0 fully saturated rings. The third-order valence-corrected chi connectivity index (χ3v) is 3.64. The first-order valence-electron chi connectivity index (χ1n) is 4.15. The quantitative estimate of drug-likeness (QED) is 0.902. The predicted octanol–water partition coefficient (Wildman–Crippen LogP) is 2.51. The van der Waals surface area contributed by atoms with Crippen LogP contribution in [0.25, 0.3) is 0 Å². The maximum atomic E-state index is 9.80. The minimum Gasteiger partial charge on any atom is -0.388 e. The molecular formula is C9H9BrN2OS. The highest BCUT2D eigenvalue weighted by Crippen LogP contribution is 2.24. The Morgan fingerprint density at radius 1 is 1.64 bits per heavy atom. The molecule has 0 radical (unpaired) electrons. The molecule has 2 aromatic rings. The van der Waals surface area contributed by atoms with E-state index in [9.17, 15) is 5.11 Å². The van der Waals surface area contributed by atoms with Crippen LogP contribution in [0.4, 0.5) is 0 Å². The van der Waals surface area contributed by atoms with Gasteiger partial charge in [-0.1, -0.05) is 0 Å². The van der Waals surface area contributed by atoms with E-state index in [1.165, 1.54) is 0 Å². The number of aliphatic hydroxyl groups is 1. The Balaban J connectivity index is 2.05. The molecule has 0 saturated heterocycles. The van der Waals surface area contributed by atoms with Crippen molar-refractivity contribution in [3.63, 3.8) is 0 Å². The molecule has 0 aliphatic carbocycles. The second-order valence-electron chi connectivity index (χ2n) is 2.98. The predicted molar refractivity (Wildman–Crippen MR) is 59.3 cm³/mol. The maximum Gasteiger partial charge on any atom is 0.0868 e. The van der Waals surface area contributed by atoms with Crippen molar-refractivity contribution >= 4 is 27.3 Å². The van der Waals surface area contributed by atoms with E-state index < -0.39 is 6.10 Å². The third-order valence-electron chi connectivity index (χ3n) is 1.92. The Morgan fingerprint density at radius 3 is 3.07 bits per heavy atom. The molecule has 2 N–H and O–H groups in total. The molecule has 2 heterocycles. The fraction of sp³-hybridized carbons (Fsp3) is 0.222. The van der Waals surface area contributed by atoms with E-state index in [0.717, 1.165) is 14.9 Å². The van der Waals surface area contributed by atoms with E-state index >= 15 is 0 Å². The molecule has 2 rings (SSSR count). The van der Waals surface area contributed by atoms with Gasteiger partial charge in [0.1, 0.15) is 0 Å². The number of aromatic amines is 1. The lowest BCUT2D eigenvalue weighted by atomic mass is 10.1. The second-order valence-corrected chi connectivity index (χ2v) is 4.89. The zero-order chi connectivity index (χ0) is 9.97. The highest BCUT2D eigenvalue weighted by Gasteiger charge is 2.10. The van der Waals surface area contributed by atoms with Crippen LogP contribution in [0.5, 0.6) is 0 Å². The van der Waals surface area contributed by atoms with Gasteiger partial charge in [-0.3, -0.25) is 5.10 Å². The molecule has 0 aromatic carbocycles. The summed E-state index contributed by atoms with van der Waals surface area (Å²) in [6.45, 7) is 0. The van der Waals surface area contributed by atoms with Crippen LogP contribution in [0.15, 0.2) is 28.3 Å². The fourth-order valence-corrected chi connectivity index (χ4v) is 2.70. The number of thiophene rings is 1. The van der Waals surface area contributed by atoms with Crippen molar-refractivity contribution in [3.05, 3.63) is 38.8 Å². The Bertz CT molecular complexity index is 399.